The second kappa shape index (κ2) is 8.83. The first kappa shape index (κ1) is 20.3. The number of aromatic amines is 1. The number of H-pyrrole nitrogens is 1. The molecule has 0 bridgehead atoms. The van der Waals surface area contributed by atoms with Crippen molar-refractivity contribution in [2.24, 2.45) is 0 Å². The number of fused-ring (bicyclic) bond motifs is 1. The van der Waals surface area contributed by atoms with Gasteiger partial charge in [-0.2, -0.15) is 0 Å². The van der Waals surface area contributed by atoms with Crippen LogP contribution in [0.3, 0.4) is 0 Å². The molecule has 0 saturated carbocycles. The Morgan fingerprint density at radius 1 is 0.968 bits per heavy atom. The van der Waals surface area contributed by atoms with Crippen molar-refractivity contribution in [3.05, 3.63) is 111 Å². The van der Waals surface area contributed by atoms with Gasteiger partial charge in [-0.15, -0.1) is 0 Å². The molecule has 1 amide bonds. The standard InChI is InChI=1S/C25H23N3O3/c1-17(12-13-18-8-4-2-5-9-18)26-23(29)19-14-15-21-22(16-19)27-25(31)28(24(21)30)20-10-6-3-7-11-20/h2-11,14-17H,12-13H2,1H3,(H,26,29)(H,27,31). The van der Waals surface area contributed by atoms with Crippen LogP contribution in [0.15, 0.2) is 88.5 Å². The number of carbonyl (C=O) groups is 1. The van der Waals surface area contributed by atoms with Gasteiger partial charge in [0.2, 0.25) is 0 Å². The zero-order valence-corrected chi connectivity index (χ0v) is 17.2. The van der Waals surface area contributed by atoms with Crippen LogP contribution in [0.5, 0.6) is 0 Å². The molecule has 6 nitrogen and oxygen atoms in total. The van der Waals surface area contributed by atoms with Gasteiger partial charge in [-0.3, -0.25) is 9.59 Å². The minimum absolute atomic E-state index is 0.0199. The smallest absolute Gasteiger partial charge is 0.333 e. The molecule has 0 aliphatic carbocycles. The average Bonchev–Trinajstić information content (AvgIpc) is 2.78. The van der Waals surface area contributed by atoms with E-state index in [9.17, 15) is 14.4 Å². The molecule has 1 heterocycles. The molecule has 6 heteroatoms. The zero-order chi connectivity index (χ0) is 21.8. The summed E-state index contributed by atoms with van der Waals surface area (Å²) in [5.41, 5.74) is 1.48. The average molecular weight is 413 g/mol. The van der Waals surface area contributed by atoms with Crippen LogP contribution in [0.4, 0.5) is 0 Å². The number of aromatic nitrogens is 2. The summed E-state index contributed by atoms with van der Waals surface area (Å²) in [6, 6.07) is 23.6. The van der Waals surface area contributed by atoms with Crippen LogP contribution in [-0.4, -0.2) is 21.5 Å². The van der Waals surface area contributed by atoms with Gasteiger partial charge in [-0.05, 0) is 55.7 Å². The molecule has 0 saturated heterocycles. The van der Waals surface area contributed by atoms with Crippen molar-refractivity contribution in [1.29, 1.82) is 0 Å². The predicted octanol–water partition coefficient (Wildman–Crippen LogP) is 3.43. The van der Waals surface area contributed by atoms with Crippen LogP contribution in [0, 0.1) is 0 Å². The van der Waals surface area contributed by atoms with Crippen LogP contribution >= 0.6 is 0 Å². The highest BCUT2D eigenvalue weighted by Crippen LogP contribution is 2.12. The van der Waals surface area contributed by atoms with Crippen molar-refractivity contribution < 1.29 is 4.79 Å². The third-order valence-electron chi connectivity index (χ3n) is 5.26. The highest BCUT2D eigenvalue weighted by Gasteiger charge is 2.14. The Balaban J connectivity index is 1.54. The lowest BCUT2D eigenvalue weighted by Gasteiger charge is -2.14. The maximum atomic E-state index is 12.9. The SMILES string of the molecule is CC(CCc1ccccc1)NC(=O)c1ccc2c(=O)n(-c3ccccc3)c(=O)[nH]c2c1. The van der Waals surface area contributed by atoms with Crippen molar-refractivity contribution in [1.82, 2.24) is 14.9 Å². The summed E-state index contributed by atoms with van der Waals surface area (Å²) in [5.74, 6) is -0.240. The fourth-order valence-corrected chi connectivity index (χ4v) is 3.58. The number of carbonyl (C=O) groups excluding carboxylic acids is 1. The van der Waals surface area contributed by atoms with E-state index in [-0.39, 0.29) is 11.9 Å². The third-order valence-corrected chi connectivity index (χ3v) is 5.26. The Morgan fingerprint density at radius 3 is 2.35 bits per heavy atom. The molecule has 31 heavy (non-hydrogen) atoms. The molecule has 2 N–H and O–H groups in total. The van der Waals surface area contributed by atoms with E-state index in [0.717, 1.165) is 17.4 Å². The van der Waals surface area contributed by atoms with E-state index in [1.54, 1.807) is 42.5 Å². The van der Waals surface area contributed by atoms with Gasteiger partial charge < -0.3 is 10.3 Å². The Bertz CT molecular complexity index is 1330. The monoisotopic (exact) mass is 413 g/mol. The number of rotatable bonds is 6. The van der Waals surface area contributed by atoms with Crippen molar-refractivity contribution in [3.63, 3.8) is 0 Å². The number of hydrogen-bond donors (Lipinski definition) is 2. The van der Waals surface area contributed by atoms with Gasteiger partial charge in [0.15, 0.2) is 0 Å². The van der Waals surface area contributed by atoms with Crippen LogP contribution in [0.1, 0.15) is 29.3 Å². The fraction of sp³-hybridized carbons (Fsp3) is 0.160. The van der Waals surface area contributed by atoms with E-state index in [0.29, 0.717) is 22.2 Å². The summed E-state index contributed by atoms with van der Waals surface area (Å²) >= 11 is 0. The lowest BCUT2D eigenvalue weighted by atomic mass is 10.1. The predicted molar refractivity (Wildman–Crippen MR) is 122 cm³/mol. The number of nitrogens with one attached hydrogen (secondary N) is 2. The number of aryl methyl sites for hydroxylation is 1. The second-order valence-electron chi connectivity index (χ2n) is 7.57. The van der Waals surface area contributed by atoms with Crippen molar-refractivity contribution in [2.75, 3.05) is 0 Å². The molecule has 156 valence electrons. The summed E-state index contributed by atoms with van der Waals surface area (Å²) < 4.78 is 1.09. The minimum atomic E-state index is -0.544. The summed E-state index contributed by atoms with van der Waals surface area (Å²) in [6.07, 6.45) is 1.67. The van der Waals surface area contributed by atoms with E-state index in [1.165, 1.54) is 5.56 Å². The molecule has 4 rings (SSSR count). The Labute approximate surface area is 179 Å². The fourth-order valence-electron chi connectivity index (χ4n) is 3.58. The molecule has 1 unspecified atom stereocenters. The topological polar surface area (TPSA) is 84.0 Å². The van der Waals surface area contributed by atoms with Crippen molar-refractivity contribution in [3.8, 4) is 5.69 Å². The van der Waals surface area contributed by atoms with Crippen LogP contribution in [-0.2, 0) is 6.42 Å². The van der Waals surface area contributed by atoms with Gasteiger partial charge in [0.1, 0.15) is 0 Å². The first-order valence-corrected chi connectivity index (χ1v) is 10.2. The molecule has 1 atom stereocenters. The number of amides is 1. The largest absolute Gasteiger partial charge is 0.350 e. The molecule has 0 fully saturated rings. The molecular formula is C25H23N3O3. The molecule has 4 aromatic rings. The van der Waals surface area contributed by atoms with Crippen LogP contribution in [0.2, 0.25) is 0 Å². The molecule has 0 spiro atoms. The Morgan fingerprint density at radius 2 is 1.65 bits per heavy atom. The first-order chi connectivity index (χ1) is 15.0. The molecule has 0 aliphatic heterocycles. The van der Waals surface area contributed by atoms with E-state index in [2.05, 4.69) is 22.4 Å². The molecule has 3 aromatic carbocycles. The van der Waals surface area contributed by atoms with Crippen molar-refractivity contribution >= 4 is 16.8 Å². The normalized spacial score (nSPS) is 11.9. The van der Waals surface area contributed by atoms with Gasteiger partial charge in [-0.25, -0.2) is 9.36 Å². The van der Waals surface area contributed by atoms with Crippen LogP contribution in [0.25, 0.3) is 16.6 Å². The number of nitrogens with zero attached hydrogens (tertiary/aromatic N) is 1. The van der Waals surface area contributed by atoms with E-state index in [4.69, 9.17) is 0 Å². The van der Waals surface area contributed by atoms with Gasteiger partial charge in [0.25, 0.3) is 11.5 Å². The van der Waals surface area contributed by atoms with E-state index < -0.39 is 11.2 Å². The van der Waals surface area contributed by atoms with Gasteiger partial charge in [0, 0.05) is 11.6 Å². The molecule has 0 aliphatic rings. The lowest BCUT2D eigenvalue weighted by molar-refractivity contribution is 0.0938. The number of para-hydroxylation sites is 1. The quantitative estimate of drug-likeness (QED) is 0.508. The third kappa shape index (κ3) is 4.48. The zero-order valence-electron chi connectivity index (χ0n) is 17.2. The first-order valence-electron chi connectivity index (χ1n) is 10.2. The Kier molecular flexibility index (Phi) is 5.80. The maximum Gasteiger partial charge on any atom is 0.333 e. The van der Waals surface area contributed by atoms with Gasteiger partial charge in [0.05, 0.1) is 16.6 Å². The second-order valence-corrected chi connectivity index (χ2v) is 7.57. The lowest BCUT2D eigenvalue weighted by Crippen LogP contribution is -2.34. The van der Waals surface area contributed by atoms with Crippen molar-refractivity contribution in [2.45, 2.75) is 25.8 Å². The Hall–Kier alpha value is -3.93. The minimum Gasteiger partial charge on any atom is -0.350 e. The molecule has 1 aromatic heterocycles. The van der Waals surface area contributed by atoms with Gasteiger partial charge in [-0.1, -0.05) is 48.5 Å². The van der Waals surface area contributed by atoms with Crippen LogP contribution < -0.4 is 16.6 Å². The summed E-state index contributed by atoms with van der Waals surface area (Å²) in [5, 5.41) is 3.33. The van der Waals surface area contributed by atoms with E-state index in [1.807, 2.05) is 31.2 Å². The van der Waals surface area contributed by atoms with Gasteiger partial charge >= 0.3 is 5.69 Å². The maximum absolute atomic E-state index is 12.9. The van der Waals surface area contributed by atoms with E-state index >= 15 is 0 Å². The molecular weight excluding hydrogens is 390 g/mol. The summed E-state index contributed by atoms with van der Waals surface area (Å²) in [6.45, 7) is 1.96. The number of hydrogen-bond acceptors (Lipinski definition) is 3. The molecule has 0 radical (unpaired) electrons. The summed E-state index contributed by atoms with van der Waals surface area (Å²) in [4.78, 5) is 40.8. The highest BCUT2D eigenvalue weighted by molar-refractivity contribution is 5.97. The highest BCUT2D eigenvalue weighted by atomic mass is 16.2. The number of benzene rings is 3. The summed E-state index contributed by atoms with van der Waals surface area (Å²) in [7, 11) is 0.